The van der Waals surface area contributed by atoms with Crippen LogP contribution in [0.25, 0.3) is 0 Å². The molecular formula is C13H18N2O2. The zero-order valence-corrected chi connectivity index (χ0v) is 9.78. The van der Waals surface area contributed by atoms with Crippen molar-refractivity contribution in [1.82, 2.24) is 10.6 Å². The molecule has 4 nitrogen and oxygen atoms in total. The molecule has 1 aromatic rings. The molecule has 17 heavy (non-hydrogen) atoms. The van der Waals surface area contributed by atoms with E-state index < -0.39 is 0 Å². The van der Waals surface area contributed by atoms with Crippen molar-refractivity contribution in [2.45, 2.75) is 32.0 Å². The topological polar surface area (TPSA) is 61.4 Å². The van der Waals surface area contributed by atoms with Crippen LogP contribution < -0.4 is 10.6 Å². The van der Waals surface area contributed by atoms with Crippen molar-refractivity contribution >= 4 is 5.91 Å². The molecule has 0 aliphatic carbocycles. The number of carbonyl (C=O) groups is 1. The predicted molar refractivity (Wildman–Crippen MR) is 65.2 cm³/mol. The van der Waals surface area contributed by atoms with Gasteiger partial charge in [0.2, 0.25) is 5.91 Å². The number of hydrogen-bond donors (Lipinski definition) is 3. The van der Waals surface area contributed by atoms with Crippen molar-refractivity contribution in [1.29, 1.82) is 0 Å². The zero-order chi connectivity index (χ0) is 12.1. The van der Waals surface area contributed by atoms with E-state index in [1.165, 1.54) is 0 Å². The SMILES string of the molecule is O=C(NCc1ccccc1CO)[C@H]1CCCN1. The highest BCUT2D eigenvalue weighted by atomic mass is 16.3. The van der Waals surface area contributed by atoms with E-state index in [-0.39, 0.29) is 18.6 Å². The normalized spacial score (nSPS) is 19.2. The van der Waals surface area contributed by atoms with Gasteiger partial charge in [0, 0.05) is 6.54 Å². The number of aliphatic hydroxyl groups is 1. The van der Waals surface area contributed by atoms with Gasteiger partial charge >= 0.3 is 0 Å². The first-order valence-electron chi connectivity index (χ1n) is 6.00. The summed E-state index contributed by atoms with van der Waals surface area (Å²) in [5.41, 5.74) is 1.84. The lowest BCUT2D eigenvalue weighted by molar-refractivity contribution is -0.122. The number of nitrogens with one attached hydrogen (secondary N) is 2. The summed E-state index contributed by atoms with van der Waals surface area (Å²) in [6.07, 6.45) is 1.97. The van der Waals surface area contributed by atoms with Gasteiger partial charge in [0.25, 0.3) is 0 Å². The molecular weight excluding hydrogens is 216 g/mol. The smallest absolute Gasteiger partial charge is 0.237 e. The highest BCUT2D eigenvalue weighted by molar-refractivity contribution is 5.82. The van der Waals surface area contributed by atoms with Crippen molar-refractivity contribution < 1.29 is 9.90 Å². The minimum atomic E-state index is -0.0451. The summed E-state index contributed by atoms with van der Waals surface area (Å²) in [6, 6.07) is 7.55. The molecule has 1 aromatic carbocycles. The lowest BCUT2D eigenvalue weighted by Crippen LogP contribution is -2.40. The van der Waals surface area contributed by atoms with Gasteiger partial charge in [-0.2, -0.15) is 0 Å². The van der Waals surface area contributed by atoms with Gasteiger partial charge in [-0.1, -0.05) is 24.3 Å². The Morgan fingerprint density at radius 2 is 2.18 bits per heavy atom. The van der Waals surface area contributed by atoms with Gasteiger partial charge in [-0.15, -0.1) is 0 Å². The summed E-state index contributed by atoms with van der Waals surface area (Å²) in [5.74, 6) is 0.0512. The molecule has 0 aromatic heterocycles. The van der Waals surface area contributed by atoms with E-state index in [4.69, 9.17) is 0 Å². The van der Waals surface area contributed by atoms with Gasteiger partial charge in [-0.3, -0.25) is 4.79 Å². The largest absolute Gasteiger partial charge is 0.392 e. The molecule has 0 saturated carbocycles. The molecule has 1 amide bonds. The molecule has 1 fully saturated rings. The molecule has 0 unspecified atom stereocenters. The zero-order valence-electron chi connectivity index (χ0n) is 9.78. The summed E-state index contributed by atoms with van der Waals surface area (Å²) >= 11 is 0. The second kappa shape index (κ2) is 5.80. The van der Waals surface area contributed by atoms with Gasteiger partial charge in [0.05, 0.1) is 12.6 Å². The summed E-state index contributed by atoms with van der Waals surface area (Å²) in [4.78, 5) is 11.8. The number of amides is 1. The Morgan fingerprint density at radius 3 is 2.82 bits per heavy atom. The molecule has 1 atom stereocenters. The molecule has 2 rings (SSSR count). The second-order valence-corrected chi connectivity index (χ2v) is 4.29. The first-order chi connectivity index (χ1) is 8.31. The fourth-order valence-electron chi connectivity index (χ4n) is 2.10. The van der Waals surface area contributed by atoms with Gasteiger partial charge < -0.3 is 15.7 Å². The van der Waals surface area contributed by atoms with Crippen molar-refractivity contribution in [3.63, 3.8) is 0 Å². The lowest BCUT2D eigenvalue weighted by Gasteiger charge is -2.12. The molecule has 1 aliphatic rings. The van der Waals surface area contributed by atoms with Gasteiger partial charge in [0.15, 0.2) is 0 Å². The molecule has 1 heterocycles. The molecule has 3 N–H and O–H groups in total. The van der Waals surface area contributed by atoms with Crippen LogP contribution in [0, 0.1) is 0 Å². The van der Waals surface area contributed by atoms with Crippen LogP contribution in [0.15, 0.2) is 24.3 Å². The van der Waals surface area contributed by atoms with E-state index in [2.05, 4.69) is 10.6 Å². The Kier molecular flexibility index (Phi) is 4.12. The minimum absolute atomic E-state index is 0.00766. The van der Waals surface area contributed by atoms with E-state index >= 15 is 0 Å². The molecule has 0 bridgehead atoms. The lowest BCUT2D eigenvalue weighted by atomic mass is 10.1. The van der Waals surface area contributed by atoms with Crippen LogP contribution in [0.3, 0.4) is 0 Å². The van der Waals surface area contributed by atoms with E-state index in [1.807, 2.05) is 24.3 Å². The fraction of sp³-hybridized carbons (Fsp3) is 0.462. The summed E-state index contributed by atoms with van der Waals surface area (Å²) < 4.78 is 0. The minimum Gasteiger partial charge on any atom is -0.392 e. The first-order valence-corrected chi connectivity index (χ1v) is 6.00. The Morgan fingerprint density at radius 1 is 1.41 bits per heavy atom. The highest BCUT2D eigenvalue weighted by Crippen LogP contribution is 2.09. The van der Waals surface area contributed by atoms with Crippen LogP contribution in [0.5, 0.6) is 0 Å². The maximum atomic E-state index is 11.8. The molecule has 92 valence electrons. The predicted octanol–water partition coefficient (Wildman–Crippen LogP) is 0.547. The third kappa shape index (κ3) is 3.05. The Hall–Kier alpha value is -1.39. The maximum Gasteiger partial charge on any atom is 0.237 e. The van der Waals surface area contributed by atoms with Crippen molar-refractivity contribution in [2.75, 3.05) is 6.54 Å². The van der Waals surface area contributed by atoms with Crippen molar-refractivity contribution in [3.8, 4) is 0 Å². The number of rotatable bonds is 4. The average molecular weight is 234 g/mol. The Bertz CT molecular complexity index is 387. The standard InChI is InChI=1S/C13H18N2O2/c16-9-11-5-2-1-4-10(11)8-15-13(17)12-6-3-7-14-12/h1-2,4-5,12,14,16H,3,6-9H2,(H,15,17)/t12-/m1/s1. The van der Waals surface area contributed by atoms with E-state index in [0.29, 0.717) is 6.54 Å². The van der Waals surface area contributed by atoms with Crippen molar-refractivity contribution in [2.24, 2.45) is 0 Å². The molecule has 4 heteroatoms. The van der Waals surface area contributed by atoms with Gasteiger partial charge in [-0.25, -0.2) is 0 Å². The number of aliphatic hydroxyl groups excluding tert-OH is 1. The monoisotopic (exact) mass is 234 g/mol. The fourth-order valence-corrected chi connectivity index (χ4v) is 2.10. The third-order valence-electron chi connectivity index (χ3n) is 3.12. The maximum absolute atomic E-state index is 11.8. The molecule has 0 radical (unpaired) electrons. The number of benzene rings is 1. The van der Waals surface area contributed by atoms with Crippen LogP contribution >= 0.6 is 0 Å². The first kappa shape index (κ1) is 12.1. The summed E-state index contributed by atoms with van der Waals surface area (Å²) in [6.45, 7) is 1.41. The van der Waals surface area contributed by atoms with Crippen LogP contribution in [0.4, 0.5) is 0 Å². The second-order valence-electron chi connectivity index (χ2n) is 4.29. The number of hydrogen-bond acceptors (Lipinski definition) is 3. The number of carbonyl (C=O) groups excluding carboxylic acids is 1. The molecule has 1 saturated heterocycles. The summed E-state index contributed by atoms with van der Waals surface area (Å²) in [5, 5.41) is 15.2. The van der Waals surface area contributed by atoms with E-state index in [1.54, 1.807) is 0 Å². The van der Waals surface area contributed by atoms with Crippen LogP contribution in [0.2, 0.25) is 0 Å². The Balaban J connectivity index is 1.90. The van der Waals surface area contributed by atoms with Gasteiger partial charge in [0.1, 0.15) is 0 Å². The van der Waals surface area contributed by atoms with Crippen LogP contribution in [0.1, 0.15) is 24.0 Å². The Labute approximate surface area is 101 Å². The van der Waals surface area contributed by atoms with E-state index in [0.717, 1.165) is 30.5 Å². The van der Waals surface area contributed by atoms with Crippen LogP contribution in [-0.4, -0.2) is 23.6 Å². The van der Waals surface area contributed by atoms with Crippen LogP contribution in [-0.2, 0) is 17.9 Å². The quantitative estimate of drug-likeness (QED) is 0.713. The van der Waals surface area contributed by atoms with E-state index in [9.17, 15) is 9.90 Å². The van der Waals surface area contributed by atoms with Crippen molar-refractivity contribution in [3.05, 3.63) is 35.4 Å². The van der Waals surface area contributed by atoms with Gasteiger partial charge in [-0.05, 0) is 30.5 Å². The summed E-state index contributed by atoms with van der Waals surface area (Å²) in [7, 11) is 0. The molecule has 1 aliphatic heterocycles. The third-order valence-corrected chi connectivity index (χ3v) is 3.12. The average Bonchev–Trinajstić information content (AvgIpc) is 2.90. The molecule has 0 spiro atoms. The highest BCUT2D eigenvalue weighted by Gasteiger charge is 2.21.